The average molecular weight is 533 g/mol. The number of hydrogen-bond acceptors (Lipinski definition) is 3. The van der Waals surface area contributed by atoms with Crippen molar-refractivity contribution in [3.05, 3.63) is 70.5 Å². The van der Waals surface area contributed by atoms with E-state index in [-0.39, 0.29) is 23.5 Å². The summed E-state index contributed by atoms with van der Waals surface area (Å²) in [6.07, 6.45) is -10.4. The topological polar surface area (TPSA) is 49.8 Å². The Bertz CT molecular complexity index is 1080. The molecule has 1 aliphatic carbocycles. The smallest absolute Gasteiger partial charge is 0.416 e. The van der Waals surface area contributed by atoms with Gasteiger partial charge in [-0.3, -0.25) is 4.79 Å². The van der Waals surface area contributed by atoms with Gasteiger partial charge in [0.15, 0.2) is 0 Å². The molecular formula is C26H26F7NO3. The van der Waals surface area contributed by atoms with Gasteiger partial charge in [0.1, 0.15) is 5.82 Å². The number of ether oxygens (including phenoxy) is 1. The molecule has 2 fully saturated rings. The average Bonchev–Trinajstić information content (AvgIpc) is 3.16. The second-order valence-corrected chi connectivity index (χ2v) is 9.82. The molecule has 0 aromatic heterocycles. The number of rotatable bonds is 7. The first-order valence-corrected chi connectivity index (χ1v) is 11.9. The molecule has 2 aromatic carbocycles. The van der Waals surface area contributed by atoms with Crippen molar-refractivity contribution >= 4 is 5.97 Å². The van der Waals surface area contributed by atoms with Crippen molar-refractivity contribution in [3.8, 4) is 0 Å². The van der Waals surface area contributed by atoms with Crippen LogP contribution in [0.15, 0.2) is 42.5 Å². The molecule has 2 aromatic rings. The summed E-state index contributed by atoms with van der Waals surface area (Å²) in [6, 6.07) is 7.20. The lowest BCUT2D eigenvalue weighted by atomic mass is 9.85. The standard InChI is InChI=1S/C26H26F7NO3/c1-14(17-8-19(25(28,29)30)10-20(9-17)26(31,32)33)37-22-7-4-16(11-34-12-18(13-34)24(35)36)23(22)15-2-5-21(27)6-3-15/h2-3,5-6,8-10,14,16,18,22-23H,4,7,11-13H2,1H3,(H,35,36)/t14-,16?,22?,23?/m0/s1. The quantitative estimate of drug-likeness (QED) is 0.412. The van der Waals surface area contributed by atoms with Crippen LogP contribution in [0.25, 0.3) is 0 Å². The summed E-state index contributed by atoms with van der Waals surface area (Å²) in [4.78, 5) is 13.1. The van der Waals surface area contributed by atoms with Gasteiger partial charge in [0.2, 0.25) is 0 Å². The Kier molecular flexibility index (Phi) is 7.58. The van der Waals surface area contributed by atoms with Crippen LogP contribution in [0.2, 0.25) is 0 Å². The summed E-state index contributed by atoms with van der Waals surface area (Å²) in [5, 5.41) is 9.13. The number of nitrogens with zero attached hydrogens (tertiary/aromatic N) is 1. The highest BCUT2D eigenvalue weighted by molar-refractivity contribution is 5.71. The molecule has 2 aliphatic rings. The van der Waals surface area contributed by atoms with E-state index in [0.29, 0.717) is 44.6 Å². The molecule has 1 aliphatic heterocycles. The second-order valence-electron chi connectivity index (χ2n) is 9.82. The minimum atomic E-state index is -4.96. The van der Waals surface area contributed by atoms with Crippen molar-refractivity contribution < 1.29 is 45.4 Å². The monoisotopic (exact) mass is 533 g/mol. The van der Waals surface area contributed by atoms with Gasteiger partial charge >= 0.3 is 18.3 Å². The van der Waals surface area contributed by atoms with Crippen molar-refractivity contribution in [2.45, 2.75) is 50.2 Å². The number of halogens is 7. The highest BCUT2D eigenvalue weighted by Gasteiger charge is 2.43. The molecule has 1 saturated carbocycles. The van der Waals surface area contributed by atoms with Crippen molar-refractivity contribution in [1.82, 2.24) is 4.90 Å². The van der Waals surface area contributed by atoms with Crippen molar-refractivity contribution in [1.29, 1.82) is 0 Å². The molecule has 37 heavy (non-hydrogen) atoms. The van der Waals surface area contributed by atoms with Crippen molar-refractivity contribution in [2.24, 2.45) is 11.8 Å². The van der Waals surface area contributed by atoms with E-state index in [1.165, 1.54) is 19.1 Å². The molecule has 11 heteroatoms. The zero-order valence-corrected chi connectivity index (χ0v) is 19.8. The van der Waals surface area contributed by atoms with Crippen LogP contribution in [-0.4, -0.2) is 41.7 Å². The Labute approximate surface area is 209 Å². The number of aliphatic carboxylic acids is 1. The third-order valence-electron chi connectivity index (χ3n) is 7.24. The number of likely N-dealkylation sites (tertiary alicyclic amines) is 1. The lowest BCUT2D eigenvalue weighted by Gasteiger charge is -2.40. The van der Waals surface area contributed by atoms with Crippen LogP contribution in [-0.2, 0) is 21.9 Å². The Balaban J connectivity index is 1.57. The number of hydrogen-bond donors (Lipinski definition) is 1. The van der Waals surface area contributed by atoms with E-state index in [1.807, 2.05) is 4.90 Å². The van der Waals surface area contributed by atoms with Gasteiger partial charge in [-0.15, -0.1) is 0 Å². The van der Waals surface area contributed by atoms with Gasteiger partial charge in [0.05, 0.1) is 29.3 Å². The minimum Gasteiger partial charge on any atom is -0.481 e. The molecule has 1 saturated heterocycles. The molecule has 0 amide bonds. The van der Waals surface area contributed by atoms with Crippen LogP contribution >= 0.6 is 0 Å². The van der Waals surface area contributed by atoms with Gasteiger partial charge in [-0.05, 0) is 67.1 Å². The van der Waals surface area contributed by atoms with E-state index in [9.17, 15) is 35.5 Å². The Morgan fingerprint density at radius 1 is 1.00 bits per heavy atom. The maximum atomic E-state index is 13.6. The number of benzene rings is 2. The van der Waals surface area contributed by atoms with Crippen LogP contribution in [0.4, 0.5) is 30.7 Å². The molecular weight excluding hydrogens is 507 g/mol. The van der Waals surface area contributed by atoms with Gasteiger partial charge in [-0.2, -0.15) is 26.3 Å². The largest absolute Gasteiger partial charge is 0.481 e. The predicted molar refractivity (Wildman–Crippen MR) is 119 cm³/mol. The number of carboxylic acids is 1. The van der Waals surface area contributed by atoms with Gasteiger partial charge in [-0.1, -0.05) is 12.1 Å². The SMILES string of the molecule is C[C@H](OC1CCC(CN2CC(C(=O)O)C2)C1c1ccc(F)cc1)c1cc(C(F)(F)F)cc(C(F)(F)F)c1. The fraction of sp³-hybridized carbons (Fsp3) is 0.500. The highest BCUT2D eigenvalue weighted by Crippen LogP contribution is 2.45. The maximum absolute atomic E-state index is 13.6. The van der Waals surface area contributed by atoms with Gasteiger partial charge in [0, 0.05) is 25.6 Å². The Morgan fingerprint density at radius 2 is 1.57 bits per heavy atom. The molecule has 3 unspecified atom stereocenters. The third-order valence-corrected chi connectivity index (χ3v) is 7.24. The molecule has 4 nitrogen and oxygen atoms in total. The van der Waals surface area contributed by atoms with E-state index in [1.54, 1.807) is 12.1 Å². The van der Waals surface area contributed by atoms with Crippen LogP contribution in [0.1, 0.15) is 54.0 Å². The number of alkyl halides is 6. The van der Waals surface area contributed by atoms with Crippen molar-refractivity contribution in [3.63, 3.8) is 0 Å². The molecule has 1 heterocycles. The summed E-state index contributed by atoms with van der Waals surface area (Å²) >= 11 is 0. The number of carbonyl (C=O) groups is 1. The predicted octanol–water partition coefficient (Wildman–Crippen LogP) is 6.52. The van der Waals surface area contributed by atoms with E-state index in [4.69, 9.17) is 9.84 Å². The van der Waals surface area contributed by atoms with Crippen LogP contribution in [0.5, 0.6) is 0 Å². The molecule has 4 atom stereocenters. The fourth-order valence-corrected chi connectivity index (χ4v) is 5.33. The first kappa shape index (κ1) is 27.4. The fourth-order valence-electron chi connectivity index (χ4n) is 5.33. The van der Waals surface area contributed by atoms with E-state index in [0.717, 1.165) is 5.56 Å². The summed E-state index contributed by atoms with van der Waals surface area (Å²) in [5.74, 6) is -2.06. The van der Waals surface area contributed by atoms with E-state index >= 15 is 0 Å². The Morgan fingerprint density at radius 3 is 2.08 bits per heavy atom. The molecule has 0 radical (unpaired) electrons. The van der Waals surface area contributed by atoms with E-state index in [2.05, 4.69) is 0 Å². The summed E-state index contributed by atoms with van der Waals surface area (Å²) < 4.78 is 99.7. The van der Waals surface area contributed by atoms with Crippen LogP contribution in [0, 0.1) is 17.7 Å². The maximum Gasteiger partial charge on any atom is 0.416 e. The first-order chi connectivity index (χ1) is 17.2. The summed E-state index contributed by atoms with van der Waals surface area (Å²) in [5.41, 5.74) is -2.30. The lowest BCUT2D eigenvalue weighted by molar-refractivity contribution is -0.148. The molecule has 0 bridgehead atoms. The molecule has 4 rings (SSSR count). The second kappa shape index (κ2) is 10.2. The molecule has 202 valence electrons. The zero-order valence-electron chi connectivity index (χ0n) is 19.8. The van der Waals surface area contributed by atoms with Gasteiger partial charge in [-0.25, -0.2) is 4.39 Å². The summed E-state index contributed by atoms with van der Waals surface area (Å²) in [7, 11) is 0. The van der Waals surface area contributed by atoms with Gasteiger partial charge < -0.3 is 14.7 Å². The van der Waals surface area contributed by atoms with E-state index < -0.39 is 53.4 Å². The normalized spacial score (nSPS) is 24.2. The highest BCUT2D eigenvalue weighted by atomic mass is 19.4. The van der Waals surface area contributed by atoms with Gasteiger partial charge in [0.25, 0.3) is 0 Å². The number of carboxylic acid groups (broad SMARTS) is 1. The minimum absolute atomic E-state index is 0.00958. The molecule has 1 N–H and O–H groups in total. The third kappa shape index (κ3) is 6.26. The van der Waals surface area contributed by atoms with Crippen LogP contribution in [0.3, 0.4) is 0 Å². The summed E-state index contributed by atoms with van der Waals surface area (Å²) in [6.45, 7) is 2.77. The lowest BCUT2D eigenvalue weighted by Crippen LogP contribution is -2.52. The van der Waals surface area contributed by atoms with Crippen LogP contribution < -0.4 is 0 Å². The molecule has 0 spiro atoms. The zero-order chi connectivity index (χ0) is 27.1. The Hall–Kier alpha value is -2.66. The first-order valence-electron chi connectivity index (χ1n) is 11.9. The van der Waals surface area contributed by atoms with Crippen molar-refractivity contribution in [2.75, 3.05) is 19.6 Å².